The van der Waals surface area contributed by atoms with Crippen LogP contribution in [0.5, 0.6) is 0 Å². The van der Waals surface area contributed by atoms with Crippen molar-refractivity contribution in [3.8, 4) is 6.07 Å². The summed E-state index contributed by atoms with van der Waals surface area (Å²) in [5.74, 6) is -0.579. The Balaban J connectivity index is 3.41. The molecule has 0 aliphatic rings. The van der Waals surface area contributed by atoms with Crippen LogP contribution in [0.4, 0.5) is 0 Å². The number of carbonyl (C=O) groups excluding carboxylic acids is 1. The predicted octanol–water partition coefficient (Wildman–Crippen LogP) is 2.76. The van der Waals surface area contributed by atoms with Gasteiger partial charge in [-0.05, 0) is 12.1 Å². The molecule has 1 rings (SSSR count). The van der Waals surface area contributed by atoms with Crippen LogP contribution in [0.3, 0.4) is 0 Å². The molecule has 0 aromatic heterocycles. The standard InChI is InChI=1S/C9H5BrClNO2/c1-14-9(13)6-2-5(10)3-8(11)7(6)4-12/h2-3H,1H3. The highest BCUT2D eigenvalue weighted by molar-refractivity contribution is 9.10. The average molecular weight is 275 g/mol. The Morgan fingerprint density at radius 3 is 2.79 bits per heavy atom. The van der Waals surface area contributed by atoms with Crippen LogP contribution in [0, 0.1) is 11.3 Å². The maximum Gasteiger partial charge on any atom is 0.339 e. The smallest absolute Gasteiger partial charge is 0.339 e. The molecule has 0 radical (unpaired) electrons. The fraction of sp³-hybridized carbons (Fsp3) is 0.111. The van der Waals surface area contributed by atoms with Crippen LogP contribution in [0.25, 0.3) is 0 Å². The van der Waals surface area contributed by atoms with Crippen molar-refractivity contribution in [1.82, 2.24) is 0 Å². The monoisotopic (exact) mass is 273 g/mol. The van der Waals surface area contributed by atoms with Crippen LogP contribution in [0.1, 0.15) is 15.9 Å². The molecule has 1 aromatic rings. The summed E-state index contributed by atoms with van der Waals surface area (Å²) in [5, 5.41) is 9.00. The summed E-state index contributed by atoms with van der Waals surface area (Å²) in [5.41, 5.74) is 0.288. The van der Waals surface area contributed by atoms with Gasteiger partial charge in [-0.2, -0.15) is 5.26 Å². The van der Waals surface area contributed by atoms with E-state index in [-0.39, 0.29) is 16.1 Å². The molecule has 0 N–H and O–H groups in total. The summed E-state index contributed by atoms with van der Waals surface area (Å²) in [4.78, 5) is 11.2. The van der Waals surface area contributed by atoms with Gasteiger partial charge in [0.1, 0.15) is 6.07 Å². The Kier molecular flexibility index (Phi) is 3.50. The molecule has 3 nitrogen and oxygen atoms in total. The fourth-order valence-corrected chi connectivity index (χ4v) is 1.81. The lowest BCUT2D eigenvalue weighted by Gasteiger charge is -2.04. The number of hydrogen-bond acceptors (Lipinski definition) is 3. The molecule has 0 bridgehead atoms. The van der Waals surface area contributed by atoms with Gasteiger partial charge in [-0.1, -0.05) is 27.5 Å². The third kappa shape index (κ3) is 2.06. The summed E-state index contributed by atoms with van der Waals surface area (Å²) in [6, 6.07) is 4.90. The number of esters is 1. The van der Waals surface area contributed by atoms with E-state index in [2.05, 4.69) is 20.7 Å². The molecule has 0 unspecified atom stereocenters. The van der Waals surface area contributed by atoms with Gasteiger partial charge in [-0.3, -0.25) is 0 Å². The molecule has 0 fully saturated rings. The molecular formula is C9H5BrClNO2. The van der Waals surface area contributed by atoms with Crippen LogP contribution in [0.2, 0.25) is 5.02 Å². The van der Waals surface area contributed by atoms with Gasteiger partial charge in [-0.15, -0.1) is 0 Å². The summed E-state index contributed by atoms with van der Waals surface area (Å²) in [6.45, 7) is 0. The molecule has 0 saturated carbocycles. The van der Waals surface area contributed by atoms with E-state index in [1.54, 1.807) is 6.07 Å². The van der Waals surface area contributed by atoms with Crippen LogP contribution in [0.15, 0.2) is 16.6 Å². The van der Waals surface area contributed by atoms with Crippen LogP contribution in [-0.4, -0.2) is 13.1 Å². The van der Waals surface area contributed by atoms with E-state index in [0.717, 1.165) is 0 Å². The van der Waals surface area contributed by atoms with Gasteiger partial charge >= 0.3 is 5.97 Å². The third-order valence-corrected chi connectivity index (χ3v) is 2.33. The lowest BCUT2D eigenvalue weighted by Crippen LogP contribution is -2.04. The van der Waals surface area contributed by atoms with Gasteiger partial charge in [0.05, 0.1) is 23.3 Å². The number of methoxy groups -OCH3 is 1. The van der Waals surface area contributed by atoms with Crippen molar-refractivity contribution in [2.24, 2.45) is 0 Å². The van der Waals surface area contributed by atoms with Crippen molar-refractivity contribution in [2.75, 3.05) is 7.11 Å². The molecule has 14 heavy (non-hydrogen) atoms. The molecule has 0 aliphatic carbocycles. The second kappa shape index (κ2) is 4.45. The minimum absolute atomic E-state index is 0.127. The summed E-state index contributed by atoms with van der Waals surface area (Å²) >= 11 is 8.95. The number of halogens is 2. The zero-order valence-corrected chi connectivity index (χ0v) is 9.52. The normalized spacial score (nSPS) is 9.29. The first-order valence-electron chi connectivity index (χ1n) is 3.57. The quantitative estimate of drug-likeness (QED) is 0.740. The second-order valence-electron chi connectivity index (χ2n) is 2.41. The third-order valence-electron chi connectivity index (χ3n) is 1.57. The Morgan fingerprint density at radius 2 is 2.29 bits per heavy atom. The second-order valence-corrected chi connectivity index (χ2v) is 3.74. The first-order valence-corrected chi connectivity index (χ1v) is 4.74. The largest absolute Gasteiger partial charge is 0.465 e. The number of rotatable bonds is 1. The fourth-order valence-electron chi connectivity index (χ4n) is 0.958. The van der Waals surface area contributed by atoms with Crippen LogP contribution < -0.4 is 0 Å². The minimum Gasteiger partial charge on any atom is -0.465 e. The molecule has 72 valence electrons. The Labute approximate surface area is 94.4 Å². The van der Waals surface area contributed by atoms with Crippen molar-refractivity contribution < 1.29 is 9.53 Å². The van der Waals surface area contributed by atoms with Crippen LogP contribution in [-0.2, 0) is 4.74 Å². The Morgan fingerprint density at radius 1 is 1.64 bits per heavy atom. The summed E-state index contributed by atoms with van der Waals surface area (Å²) in [6.07, 6.45) is 0. The Hall–Kier alpha value is -1.05. The van der Waals surface area contributed by atoms with E-state index in [1.165, 1.54) is 13.2 Å². The molecular weight excluding hydrogens is 269 g/mol. The highest BCUT2D eigenvalue weighted by Crippen LogP contribution is 2.25. The van der Waals surface area contributed by atoms with Crippen molar-refractivity contribution >= 4 is 33.5 Å². The van der Waals surface area contributed by atoms with E-state index < -0.39 is 5.97 Å². The van der Waals surface area contributed by atoms with Gasteiger partial charge in [0, 0.05) is 4.47 Å². The highest BCUT2D eigenvalue weighted by atomic mass is 79.9. The van der Waals surface area contributed by atoms with Gasteiger partial charge in [0.15, 0.2) is 0 Å². The maximum atomic E-state index is 11.2. The predicted molar refractivity (Wildman–Crippen MR) is 55.2 cm³/mol. The number of nitrogens with zero attached hydrogens (tertiary/aromatic N) is 1. The molecule has 0 amide bonds. The van der Waals surface area contributed by atoms with Crippen molar-refractivity contribution in [1.29, 1.82) is 5.26 Å². The maximum absolute atomic E-state index is 11.2. The van der Waals surface area contributed by atoms with E-state index >= 15 is 0 Å². The van der Waals surface area contributed by atoms with Gasteiger partial charge in [0.25, 0.3) is 0 Å². The van der Waals surface area contributed by atoms with E-state index in [4.69, 9.17) is 16.9 Å². The topological polar surface area (TPSA) is 50.1 Å². The molecule has 5 heteroatoms. The zero-order chi connectivity index (χ0) is 10.7. The molecule has 0 aliphatic heterocycles. The Bertz CT molecular complexity index is 426. The van der Waals surface area contributed by atoms with Crippen molar-refractivity contribution in [3.05, 3.63) is 32.8 Å². The van der Waals surface area contributed by atoms with E-state index in [0.29, 0.717) is 4.47 Å². The summed E-state index contributed by atoms with van der Waals surface area (Å²) in [7, 11) is 1.25. The number of ether oxygens (including phenoxy) is 1. The van der Waals surface area contributed by atoms with Crippen molar-refractivity contribution in [3.63, 3.8) is 0 Å². The molecule has 0 spiro atoms. The number of hydrogen-bond donors (Lipinski definition) is 0. The van der Waals surface area contributed by atoms with E-state index in [9.17, 15) is 4.79 Å². The van der Waals surface area contributed by atoms with Gasteiger partial charge in [0.2, 0.25) is 0 Å². The van der Waals surface area contributed by atoms with Gasteiger partial charge in [-0.25, -0.2) is 4.79 Å². The molecule has 1 aromatic carbocycles. The first kappa shape index (κ1) is 11.0. The van der Waals surface area contributed by atoms with Crippen molar-refractivity contribution in [2.45, 2.75) is 0 Å². The van der Waals surface area contributed by atoms with E-state index in [1.807, 2.05) is 6.07 Å². The molecule has 0 atom stereocenters. The minimum atomic E-state index is -0.579. The number of carbonyl (C=O) groups is 1. The first-order chi connectivity index (χ1) is 6.60. The van der Waals surface area contributed by atoms with Crippen LogP contribution >= 0.6 is 27.5 Å². The zero-order valence-electron chi connectivity index (χ0n) is 7.17. The lowest BCUT2D eigenvalue weighted by atomic mass is 10.1. The average Bonchev–Trinajstić information content (AvgIpc) is 2.15. The van der Waals surface area contributed by atoms with Gasteiger partial charge < -0.3 is 4.74 Å². The SMILES string of the molecule is COC(=O)c1cc(Br)cc(Cl)c1C#N. The highest BCUT2D eigenvalue weighted by Gasteiger charge is 2.15. The summed E-state index contributed by atoms with van der Waals surface area (Å²) < 4.78 is 5.15. The lowest BCUT2D eigenvalue weighted by molar-refractivity contribution is 0.0600. The number of nitriles is 1. The molecule has 0 heterocycles. The molecule has 0 saturated heterocycles. The number of benzene rings is 1.